The molecule has 6 aromatic carbocycles. The molecule has 12 rings (SSSR count). The van der Waals surface area contributed by atoms with Crippen molar-refractivity contribution in [3.05, 3.63) is 162 Å². The van der Waals surface area contributed by atoms with Crippen molar-refractivity contribution >= 4 is 17.1 Å². The van der Waals surface area contributed by atoms with Gasteiger partial charge in [0.25, 0.3) is 0 Å². The summed E-state index contributed by atoms with van der Waals surface area (Å²) in [4.78, 5) is 2.54. The van der Waals surface area contributed by atoms with Gasteiger partial charge in [-0.1, -0.05) is 124 Å². The molecular weight excluding hydrogens is 675 g/mol. The van der Waals surface area contributed by atoms with Crippen LogP contribution in [0.1, 0.15) is 113 Å². The van der Waals surface area contributed by atoms with Crippen molar-refractivity contribution in [3.63, 3.8) is 0 Å². The van der Waals surface area contributed by atoms with E-state index in [0.29, 0.717) is 11.3 Å². The average molecular weight is 730 g/mol. The quantitative estimate of drug-likeness (QED) is 0.158. The van der Waals surface area contributed by atoms with E-state index in [1.54, 1.807) is 5.56 Å². The minimum absolute atomic E-state index is 0.173. The van der Waals surface area contributed by atoms with E-state index >= 15 is 0 Å². The van der Waals surface area contributed by atoms with Crippen molar-refractivity contribution in [2.75, 3.05) is 4.90 Å². The van der Waals surface area contributed by atoms with Crippen molar-refractivity contribution in [2.45, 2.75) is 101 Å². The standard InChI is InChI=1S/C55H55N/c1-54(2)51-33-48(26-27-49(51)53-50(43-16-10-5-11-17-43)31-44(32-52(53)54)41-14-8-4-9-15-41)56(46-22-18-42(19-23-46)40-12-6-3-7-13-40)47-24-20-45(21-25-47)55-34-37-28-38(35-55)30-39(29-37)36-55/h4-5,8-11,14-27,31-33,37-40H,3,6-7,12-13,28-30,34-36H2,1-2H3. The lowest BCUT2D eigenvalue weighted by Gasteiger charge is -2.57. The summed E-state index contributed by atoms with van der Waals surface area (Å²) in [5.41, 5.74) is 17.8. The molecule has 56 heavy (non-hydrogen) atoms. The van der Waals surface area contributed by atoms with Gasteiger partial charge in [-0.15, -0.1) is 0 Å². The molecule has 0 unspecified atom stereocenters. The summed E-state index contributed by atoms with van der Waals surface area (Å²) in [7, 11) is 0. The van der Waals surface area contributed by atoms with E-state index in [1.807, 2.05) is 0 Å². The molecule has 1 heteroatoms. The van der Waals surface area contributed by atoms with Crippen LogP contribution in [0.15, 0.2) is 140 Å². The Morgan fingerprint density at radius 2 is 1.05 bits per heavy atom. The predicted molar refractivity (Wildman–Crippen MR) is 235 cm³/mol. The Kier molecular flexibility index (Phi) is 8.20. The summed E-state index contributed by atoms with van der Waals surface area (Å²) in [5.74, 6) is 3.55. The van der Waals surface area contributed by atoms with Gasteiger partial charge in [-0.25, -0.2) is 0 Å². The van der Waals surface area contributed by atoms with Gasteiger partial charge in [0, 0.05) is 22.5 Å². The summed E-state index contributed by atoms with van der Waals surface area (Å²) in [6.07, 6.45) is 15.4. The van der Waals surface area contributed by atoms with Crippen LogP contribution in [0.3, 0.4) is 0 Å². The SMILES string of the molecule is CC1(C)c2cc(N(c3ccc(C4CCCCC4)cc3)c3ccc(C45CC6CC(CC(C6)C4)C5)cc3)ccc2-c2c(-c3ccccc3)cc(-c3ccccc3)cc21. The number of hydrogen-bond acceptors (Lipinski definition) is 1. The van der Waals surface area contributed by atoms with Crippen molar-refractivity contribution in [3.8, 4) is 33.4 Å². The first kappa shape index (κ1) is 34.4. The molecule has 0 spiro atoms. The predicted octanol–water partition coefficient (Wildman–Crippen LogP) is 15.3. The average Bonchev–Trinajstić information content (AvgIpc) is 3.47. The number of hydrogen-bond donors (Lipinski definition) is 0. The third-order valence-electron chi connectivity index (χ3n) is 15.2. The Morgan fingerprint density at radius 3 is 1.68 bits per heavy atom. The molecule has 0 saturated heterocycles. The van der Waals surface area contributed by atoms with Crippen LogP contribution in [0, 0.1) is 17.8 Å². The summed E-state index contributed by atoms with van der Waals surface area (Å²) < 4.78 is 0. The van der Waals surface area contributed by atoms with Crippen LogP contribution in [0.5, 0.6) is 0 Å². The van der Waals surface area contributed by atoms with Crippen LogP contribution in [-0.4, -0.2) is 0 Å². The maximum atomic E-state index is 2.54. The van der Waals surface area contributed by atoms with Crippen LogP contribution >= 0.6 is 0 Å². The zero-order chi connectivity index (χ0) is 37.4. The molecule has 5 saturated carbocycles. The Hall–Kier alpha value is -4.88. The minimum atomic E-state index is -0.173. The van der Waals surface area contributed by atoms with Crippen LogP contribution in [0.4, 0.5) is 17.1 Å². The van der Waals surface area contributed by atoms with Gasteiger partial charge in [0.2, 0.25) is 0 Å². The molecule has 280 valence electrons. The Labute approximate surface area is 334 Å². The second-order valence-electron chi connectivity index (χ2n) is 19.0. The van der Waals surface area contributed by atoms with Gasteiger partial charge in [-0.2, -0.15) is 0 Å². The fraction of sp³-hybridized carbons (Fsp3) is 0.345. The van der Waals surface area contributed by atoms with E-state index in [0.717, 1.165) is 17.8 Å². The molecule has 0 N–H and O–H groups in total. The highest BCUT2D eigenvalue weighted by Gasteiger charge is 2.51. The van der Waals surface area contributed by atoms with Gasteiger partial charge in [-0.05, 0) is 185 Å². The molecule has 0 atom stereocenters. The van der Waals surface area contributed by atoms with Gasteiger partial charge < -0.3 is 4.90 Å². The summed E-state index contributed by atoms with van der Waals surface area (Å²) >= 11 is 0. The van der Waals surface area contributed by atoms with Crippen molar-refractivity contribution in [1.29, 1.82) is 0 Å². The van der Waals surface area contributed by atoms with Gasteiger partial charge >= 0.3 is 0 Å². The molecule has 0 amide bonds. The highest BCUT2D eigenvalue weighted by Crippen LogP contribution is 2.61. The van der Waals surface area contributed by atoms with E-state index in [4.69, 9.17) is 0 Å². The number of anilines is 3. The van der Waals surface area contributed by atoms with E-state index < -0.39 is 0 Å². The van der Waals surface area contributed by atoms with E-state index in [-0.39, 0.29) is 5.41 Å². The smallest absolute Gasteiger partial charge is 0.0465 e. The van der Waals surface area contributed by atoms with Gasteiger partial charge in [0.1, 0.15) is 0 Å². The maximum absolute atomic E-state index is 2.54. The van der Waals surface area contributed by atoms with Crippen molar-refractivity contribution in [2.24, 2.45) is 17.8 Å². The largest absolute Gasteiger partial charge is 0.310 e. The molecule has 6 aliphatic rings. The maximum Gasteiger partial charge on any atom is 0.0465 e. The molecule has 0 heterocycles. The minimum Gasteiger partial charge on any atom is -0.310 e. The lowest BCUT2D eigenvalue weighted by atomic mass is 9.48. The number of rotatable bonds is 7. The lowest BCUT2D eigenvalue weighted by Crippen LogP contribution is -2.48. The summed E-state index contributed by atoms with van der Waals surface area (Å²) in [6, 6.07) is 53.8. The highest BCUT2D eigenvalue weighted by molar-refractivity contribution is 5.96. The van der Waals surface area contributed by atoms with Crippen molar-refractivity contribution in [1.82, 2.24) is 0 Å². The summed E-state index contributed by atoms with van der Waals surface area (Å²) in [6.45, 7) is 4.88. The monoisotopic (exact) mass is 729 g/mol. The number of nitrogens with zero attached hydrogens (tertiary/aromatic N) is 1. The normalized spacial score (nSPS) is 24.5. The van der Waals surface area contributed by atoms with Gasteiger partial charge in [-0.3, -0.25) is 0 Å². The Morgan fingerprint density at radius 1 is 0.482 bits per heavy atom. The molecule has 4 bridgehead atoms. The Bertz CT molecular complexity index is 2340. The van der Waals surface area contributed by atoms with E-state index in [9.17, 15) is 0 Å². The third-order valence-corrected chi connectivity index (χ3v) is 15.2. The molecule has 5 fully saturated rings. The fourth-order valence-corrected chi connectivity index (χ4v) is 12.8. The van der Waals surface area contributed by atoms with Crippen LogP contribution in [0.25, 0.3) is 33.4 Å². The highest BCUT2D eigenvalue weighted by atomic mass is 15.1. The first-order valence-electron chi connectivity index (χ1n) is 21.9. The lowest BCUT2D eigenvalue weighted by molar-refractivity contribution is -0.00518. The number of benzene rings is 6. The fourth-order valence-electron chi connectivity index (χ4n) is 12.8. The molecule has 1 nitrogen and oxygen atoms in total. The molecule has 0 aromatic heterocycles. The van der Waals surface area contributed by atoms with Gasteiger partial charge in [0.15, 0.2) is 0 Å². The second-order valence-corrected chi connectivity index (χ2v) is 19.0. The zero-order valence-corrected chi connectivity index (χ0v) is 33.3. The van der Waals surface area contributed by atoms with Crippen LogP contribution in [-0.2, 0) is 10.8 Å². The second kappa shape index (κ2) is 13.4. The van der Waals surface area contributed by atoms with E-state index in [2.05, 4.69) is 158 Å². The van der Waals surface area contributed by atoms with Crippen molar-refractivity contribution < 1.29 is 0 Å². The van der Waals surface area contributed by atoms with Crippen LogP contribution < -0.4 is 4.90 Å². The first-order valence-corrected chi connectivity index (χ1v) is 21.9. The number of fused-ring (bicyclic) bond motifs is 3. The Balaban J connectivity index is 1.02. The third kappa shape index (κ3) is 5.71. The molecular formula is C55H55N. The first-order chi connectivity index (χ1) is 27.4. The van der Waals surface area contributed by atoms with Gasteiger partial charge in [0.05, 0.1) is 0 Å². The topological polar surface area (TPSA) is 3.24 Å². The molecule has 6 aromatic rings. The summed E-state index contributed by atoms with van der Waals surface area (Å²) in [5, 5.41) is 0. The molecule has 0 radical (unpaired) electrons. The van der Waals surface area contributed by atoms with Crippen LogP contribution in [0.2, 0.25) is 0 Å². The zero-order valence-electron chi connectivity index (χ0n) is 33.3. The molecule has 0 aliphatic heterocycles. The van der Waals surface area contributed by atoms with E-state index in [1.165, 1.54) is 138 Å². The molecule has 6 aliphatic carbocycles.